The van der Waals surface area contributed by atoms with E-state index in [9.17, 15) is 4.79 Å². The third-order valence-electron chi connectivity index (χ3n) is 4.05. The van der Waals surface area contributed by atoms with Crippen LogP contribution >= 0.6 is 0 Å². The summed E-state index contributed by atoms with van der Waals surface area (Å²) >= 11 is 0. The normalized spacial score (nSPS) is 17.9. The van der Waals surface area contributed by atoms with Gasteiger partial charge >= 0.3 is 0 Å². The highest BCUT2D eigenvalue weighted by Gasteiger charge is 2.25. The number of para-hydroxylation sites is 1. The van der Waals surface area contributed by atoms with Crippen LogP contribution in [-0.2, 0) is 4.79 Å². The van der Waals surface area contributed by atoms with Crippen molar-refractivity contribution in [2.24, 2.45) is 0 Å². The van der Waals surface area contributed by atoms with Crippen LogP contribution in [0.25, 0.3) is 0 Å². The van der Waals surface area contributed by atoms with E-state index < -0.39 is 0 Å². The fraction of sp³-hybridized carbons (Fsp3) is 0.562. The monoisotopic (exact) mass is 275 g/mol. The van der Waals surface area contributed by atoms with E-state index in [1.807, 2.05) is 13.8 Å². The van der Waals surface area contributed by atoms with E-state index in [4.69, 9.17) is 0 Å². The van der Waals surface area contributed by atoms with E-state index in [-0.39, 0.29) is 11.9 Å². The molecule has 2 rings (SSSR count). The molecule has 4 heteroatoms. The van der Waals surface area contributed by atoms with E-state index >= 15 is 0 Å². The van der Waals surface area contributed by atoms with Gasteiger partial charge in [-0.05, 0) is 32.4 Å². The van der Waals surface area contributed by atoms with Crippen LogP contribution in [0.4, 0.5) is 5.69 Å². The van der Waals surface area contributed by atoms with Gasteiger partial charge in [0.2, 0.25) is 5.91 Å². The number of hydrogen-bond donors (Lipinski definition) is 1. The quantitative estimate of drug-likeness (QED) is 0.907. The predicted octanol–water partition coefficient (Wildman–Crippen LogP) is 1.64. The second kappa shape index (κ2) is 6.75. The molecule has 1 aliphatic rings. The average molecular weight is 275 g/mol. The number of amides is 1. The summed E-state index contributed by atoms with van der Waals surface area (Å²) in [5, 5.41) is 2.90. The highest BCUT2D eigenvalue weighted by Crippen LogP contribution is 2.21. The highest BCUT2D eigenvalue weighted by molar-refractivity contribution is 5.81. The number of aryl methyl sites for hydroxylation is 1. The van der Waals surface area contributed by atoms with Crippen molar-refractivity contribution in [2.45, 2.75) is 26.8 Å². The number of carbonyl (C=O) groups is 1. The average Bonchev–Trinajstić information content (AvgIpc) is 2.47. The summed E-state index contributed by atoms with van der Waals surface area (Å²) in [7, 11) is 0. The van der Waals surface area contributed by atoms with Crippen molar-refractivity contribution in [3.63, 3.8) is 0 Å². The van der Waals surface area contributed by atoms with Crippen molar-refractivity contribution >= 4 is 11.6 Å². The summed E-state index contributed by atoms with van der Waals surface area (Å²) in [6.07, 6.45) is 0. The lowest BCUT2D eigenvalue weighted by atomic mass is 10.1. The number of carbonyl (C=O) groups excluding carboxylic acids is 1. The van der Waals surface area contributed by atoms with Gasteiger partial charge in [-0.3, -0.25) is 9.69 Å². The summed E-state index contributed by atoms with van der Waals surface area (Å²) in [5.41, 5.74) is 2.63. The standard InChI is InChI=1S/C16H25N3O/c1-4-17-16(20)14(3)18-9-11-19(12-10-18)15-8-6-5-7-13(15)2/h5-8,14H,4,9-12H2,1-3H3,(H,17,20)/t14-/m1/s1. The largest absolute Gasteiger partial charge is 0.369 e. The molecule has 20 heavy (non-hydrogen) atoms. The topological polar surface area (TPSA) is 35.6 Å². The molecule has 1 N–H and O–H groups in total. The van der Waals surface area contributed by atoms with Gasteiger partial charge in [-0.15, -0.1) is 0 Å². The Hall–Kier alpha value is -1.55. The van der Waals surface area contributed by atoms with Crippen LogP contribution in [0.1, 0.15) is 19.4 Å². The molecule has 0 unspecified atom stereocenters. The summed E-state index contributed by atoms with van der Waals surface area (Å²) in [4.78, 5) is 16.6. The first kappa shape index (κ1) is 14.9. The second-order valence-corrected chi connectivity index (χ2v) is 5.38. The molecular formula is C16H25N3O. The predicted molar refractivity (Wildman–Crippen MR) is 83.1 cm³/mol. The summed E-state index contributed by atoms with van der Waals surface area (Å²) in [6.45, 7) is 10.6. The number of anilines is 1. The second-order valence-electron chi connectivity index (χ2n) is 5.38. The number of benzene rings is 1. The van der Waals surface area contributed by atoms with Gasteiger partial charge in [0.15, 0.2) is 0 Å². The minimum atomic E-state index is -0.0334. The fourth-order valence-electron chi connectivity index (χ4n) is 2.76. The summed E-state index contributed by atoms with van der Waals surface area (Å²) < 4.78 is 0. The van der Waals surface area contributed by atoms with Crippen LogP contribution in [0.3, 0.4) is 0 Å². The van der Waals surface area contributed by atoms with Crippen molar-refractivity contribution in [3.8, 4) is 0 Å². The van der Waals surface area contributed by atoms with Crippen molar-refractivity contribution in [2.75, 3.05) is 37.6 Å². The molecule has 0 aliphatic carbocycles. The van der Waals surface area contributed by atoms with Crippen LogP contribution in [-0.4, -0.2) is 49.6 Å². The van der Waals surface area contributed by atoms with Gasteiger partial charge in [-0.1, -0.05) is 18.2 Å². The first-order chi connectivity index (χ1) is 9.63. The van der Waals surface area contributed by atoms with Crippen LogP contribution in [0, 0.1) is 6.92 Å². The zero-order valence-corrected chi connectivity index (χ0v) is 12.7. The zero-order chi connectivity index (χ0) is 14.5. The molecule has 1 aromatic rings. The van der Waals surface area contributed by atoms with Crippen LogP contribution < -0.4 is 10.2 Å². The van der Waals surface area contributed by atoms with Gasteiger partial charge in [0, 0.05) is 38.4 Å². The van der Waals surface area contributed by atoms with Gasteiger partial charge in [-0.2, -0.15) is 0 Å². The van der Waals surface area contributed by atoms with Crippen molar-refractivity contribution < 1.29 is 4.79 Å². The highest BCUT2D eigenvalue weighted by atomic mass is 16.2. The molecule has 0 saturated carbocycles. The molecule has 0 spiro atoms. The molecule has 1 aliphatic heterocycles. The lowest BCUT2D eigenvalue weighted by Gasteiger charge is -2.39. The van der Waals surface area contributed by atoms with Gasteiger partial charge in [0.25, 0.3) is 0 Å². The molecule has 0 radical (unpaired) electrons. The molecule has 1 aromatic carbocycles. The number of nitrogens with zero attached hydrogens (tertiary/aromatic N) is 2. The van der Waals surface area contributed by atoms with Crippen LogP contribution in [0.2, 0.25) is 0 Å². The van der Waals surface area contributed by atoms with E-state index in [0.29, 0.717) is 6.54 Å². The van der Waals surface area contributed by atoms with E-state index in [2.05, 4.69) is 46.3 Å². The van der Waals surface area contributed by atoms with E-state index in [1.165, 1.54) is 11.3 Å². The lowest BCUT2D eigenvalue weighted by Crippen LogP contribution is -2.54. The Morgan fingerprint density at radius 3 is 2.50 bits per heavy atom. The minimum Gasteiger partial charge on any atom is -0.369 e. The Morgan fingerprint density at radius 2 is 1.90 bits per heavy atom. The number of hydrogen-bond acceptors (Lipinski definition) is 3. The number of nitrogens with one attached hydrogen (secondary N) is 1. The van der Waals surface area contributed by atoms with E-state index in [0.717, 1.165) is 26.2 Å². The molecular weight excluding hydrogens is 250 g/mol. The third-order valence-corrected chi connectivity index (χ3v) is 4.05. The number of piperazine rings is 1. The number of rotatable bonds is 4. The SMILES string of the molecule is CCNC(=O)[C@@H](C)N1CCN(c2ccccc2C)CC1. The summed E-state index contributed by atoms with van der Waals surface area (Å²) in [5.74, 6) is 0.136. The maximum Gasteiger partial charge on any atom is 0.237 e. The number of likely N-dealkylation sites (N-methyl/N-ethyl adjacent to an activating group) is 1. The molecule has 1 saturated heterocycles. The Labute approximate surface area is 121 Å². The molecule has 4 nitrogen and oxygen atoms in total. The minimum absolute atomic E-state index is 0.0334. The summed E-state index contributed by atoms with van der Waals surface area (Å²) in [6, 6.07) is 8.46. The molecule has 1 fully saturated rings. The maximum atomic E-state index is 11.9. The van der Waals surface area contributed by atoms with Gasteiger partial charge in [-0.25, -0.2) is 0 Å². The zero-order valence-electron chi connectivity index (χ0n) is 12.7. The van der Waals surface area contributed by atoms with Crippen molar-refractivity contribution in [3.05, 3.63) is 29.8 Å². The van der Waals surface area contributed by atoms with Gasteiger partial charge in [0.1, 0.15) is 0 Å². The fourth-order valence-corrected chi connectivity index (χ4v) is 2.76. The third kappa shape index (κ3) is 3.31. The molecule has 1 amide bonds. The molecule has 110 valence electrons. The van der Waals surface area contributed by atoms with Gasteiger partial charge in [0.05, 0.1) is 6.04 Å². The first-order valence-corrected chi connectivity index (χ1v) is 7.45. The van der Waals surface area contributed by atoms with Crippen LogP contribution in [0.15, 0.2) is 24.3 Å². The Balaban J connectivity index is 1.92. The smallest absolute Gasteiger partial charge is 0.237 e. The van der Waals surface area contributed by atoms with Gasteiger partial charge < -0.3 is 10.2 Å². The Kier molecular flexibility index (Phi) is 5.01. The molecule has 1 atom stereocenters. The van der Waals surface area contributed by atoms with Crippen molar-refractivity contribution in [1.29, 1.82) is 0 Å². The molecule has 0 bridgehead atoms. The van der Waals surface area contributed by atoms with Crippen molar-refractivity contribution in [1.82, 2.24) is 10.2 Å². The first-order valence-electron chi connectivity index (χ1n) is 7.45. The molecule has 1 heterocycles. The lowest BCUT2D eigenvalue weighted by molar-refractivity contribution is -0.125. The Bertz CT molecular complexity index is 453. The maximum absolute atomic E-state index is 11.9. The van der Waals surface area contributed by atoms with E-state index in [1.54, 1.807) is 0 Å². The Morgan fingerprint density at radius 1 is 1.25 bits per heavy atom. The molecule has 0 aromatic heterocycles. The van der Waals surface area contributed by atoms with Crippen LogP contribution in [0.5, 0.6) is 0 Å².